The van der Waals surface area contributed by atoms with Gasteiger partial charge in [-0.1, -0.05) is 20.3 Å². The van der Waals surface area contributed by atoms with Gasteiger partial charge >= 0.3 is 0 Å². The average Bonchev–Trinajstić information content (AvgIpc) is 2.57. The number of carbonyl (C=O) groups excluding carboxylic acids is 1. The lowest BCUT2D eigenvalue weighted by atomic mass is 9.84. The molecule has 0 bridgehead atoms. The highest BCUT2D eigenvalue weighted by Crippen LogP contribution is 2.26. The van der Waals surface area contributed by atoms with E-state index in [9.17, 15) is 18.4 Å². The molecule has 0 unspecified atom stereocenters. The molecule has 1 N–H and O–H groups in total. The fraction of sp³-hybridized carbons (Fsp3) is 0.450. The van der Waals surface area contributed by atoms with Crippen LogP contribution >= 0.6 is 0 Å². The van der Waals surface area contributed by atoms with Gasteiger partial charge in [-0.25, -0.2) is 13.5 Å². The number of amides is 1. The highest BCUT2D eigenvalue weighted by atomic mass is 19.2. The number of nitrogens with zero attached hydrogens (tertiary/aromatic N) is 2. The lowest BCUT2D eigenvalue weighted by Gasteiger charge is -2.29. The molecule has 1 fully saturated rings. The Morgan fingerprint density at radius 3 is 2.56 bits per heavy atom. The van der Waals surface area contributed by atoms with Gasteiger partial charge in [0.2, 0.25) is 5.91 Å². The van der Waals surface area contributed by atoms with E-state index in [0.29, 0.717) is 11.3 Å². The van der Waals surface area contributed by atoms with Crippen LogP contribution < -0.4 is 10.9 Å². The third-order valence-corrected chi connectivity index (χ3v) is 5.06. The Bertz CT molecular complexity index is 891. The zero-order valence-corrected chi connectivity index (χ0v) is 15.4. The molecule has 0 aliphatic heterocycles. The van der Waals surface area contributed by atoms with E-state index in [4.69, 9.17) is 0 Å². The summed E-state index contributed by atoms with van der Waals surface area (Å²) >= 11 is 0. The fourth-order valence-corrected chi connectivity index (χ4v) is 2.97. The average molecular weight is 375 g/mol. The minimum absolute atomic E-state index is 0.0183. The summed E-state index contributed by atoms with van der Waals surface area (Å²) in [4.78, 5) is 24.5. The minimum atomic E-state index is -0.972. The lowest BCUT2D eigenvalue weighted by Crippen LogP contribution is -2.47. The molecule has 5 nitrogen and oxygen atoms in total. The largest absolute Gasteiger partial charge is 0.351 e. The summed E-state index contributed by atoms with van der Waals surface area (Å²) in [6.45, 7) is 4.15. The normalized spacial score (nSPS) is 15.4. The van der Waals surface area contributed by atoms with E-state index in [1.165, 1.54) is 22.9 Å². The number of hydrogen-bond donors (Lipinski definition) is 1. The Kier molecular flexibility index (Phi) is 5.68. The van der Waals surface area contributed by atoms with Gasteiger partial charge in [-0.15, -0.1) is 0 Å². The SMILES string of the molecule is CC(C)[C@@H](Cn1nc(-c2ccc(F)c(F)c2)ccc1=O)NC(=O)C1CCC1. The number of hydrogen-bond acceptors (Lipinski definition) is 3. The maximum Gasteiger partial charge on any atom is 0.266 e. The van der Waals surface area contributed by atoms with Crippen molar-refractivity contribution >= 4 is 5.91 Å². The molecule has 144 valence electrons. The molecule has 2 aromatic rings. The van der Waals surface area contributed by atoms with Gasteiger partial charge in [0.25, 0.3) is 5.56 Å². The molecule has 0 radical (unpaired) electrons. The monoisotopic (exact) mass is 375 g/mol. The number of benzene rings is 1. The molecule has 0 saturated heterocycles. The van der Waals surface area contributed by atoms with E-state index in [1.807, 2.05) is 13.8 Å². The first kappa shape index (κ1) is 19.2. The fourth-order valence-electron chi connectivity index (χ4n) is 2.97. The van der Waals surface area contributed by atoms with E-state index in [0.717, 1.165) is 31.4 Å². The van der Waals surface area contributed by atoms with Gasteiger partial charge in [0.15, 0.2) is 11.6 Å². The smallest absolute Gasteiger partial charge is 0.266 e. The Morgan fingerprint density at radius 2 is 1.96 bits per heavy atom. The summed E-state index contributed by atoms with van der Waals surface area (Å²) in [6.07, 6.45) is 2.88. The molecule has 27 heavy (non-hydrogen) atoms. The van der Waals surface area contributed by atoms with Gasteiger partial charge in [0.05, 0.1) is 18.3 Å². The minimum Gasteiger partial charge on any atom is -0.351 e. The second-order valence-corrected chi connectivity index (χ2v) is 7.35. The molecular weight excluding hydrogens is 352 g/mol. The number of carbonyl (C=O) groups is 1. The lowest BCUT2D eigenvalue weighted by molar-refractivity contribution is -0.128. The van der Waals surface area contributed by atoms with E-state index >= 15 is 0 Å². The van der Waals surface area contributed by atoms with Gasteiger partial charge in [-0.2, -0.15) is 5.10 Å². The van der Waals surface area contributed by atoms with Crippen molar-refractivity contribution in [1.29, 1.82) is 0 Å². The summed E-state index contributed by atoms with van der Waals surface area (Å²) in [5.74, 6) is -1.73. The first-order valence-corrected chi connectivity index (χ1v) is 9.19. The van der Waals surface area contributed by atoms with E-state index < -0.39 is 11.6 Å². The van der Waals surface area contributed by atoms with E-state index in [-0.39, 0.29) is 35.9 Å². The van der Waals surface area contributed by atoms with Crippen molar-refractivity contribution in [3.8, 4) is 11.3 Å². The zero-order chi connectivity index (χ0) is 19.6. The standard InChI is InChI=1S/C20H23F2N3O2/c1-12(2)18(23-20(27)13-4-3-5-13)11-25-19(26)9-8-17(24-25)14-6-7-15(21)16(22)10-14/h6-10,12-13,18H,3-5,11H2,1-2H3,(H,23,27)/t18-/m1/s1. The highest BCUT2D eigenvalue weighted by molar-refractivity contribution is 5.79. The predicted octanol–water partition coefficient (Wildman–Crippen LogP) is 3.13. The zero-order valence-electron chi connectivity index (χ0n) is 15.4. The second kappa shape index (κ2) is 7.98. The van der Waals surface area contributed by atoms with Gasteiger partial charge in [0.1, 0.15) is 0 Å². The molecule has 1 amide bonds. The van der Waals surface area contributed by atoms with Gasteiger partial charge in [-0.05, 0) is 43.0 Å². The molecule has 1 aliphatic carbocycles. The summed E-state index contributed by atoms with van der Waals surface area (Å²) in [5, 5.41) is 7.31. The molecule has 0 spiro atoms. The van der Waals surface area contributed by atoms with Crippen molar-refractivity contribution in [2.45, 2.75) is 45.7 Å². The first-order valence-electron chi connectivity index (χ1n) is 9.19. The molecule has 7 heteroatoms. The van der Waals surface area contributed by atoms with Crippen LogP contribution in [0.1, 0.15) is 33.1 Å². The maximum atomic E-state index is 13.5. The summed E-state index contributed by atoms with van der Waals surface area (Å²) in [6, 6.07) is 6.05. The Labute approximate surface area is 156 Å². The van der Waals surface area contributed by atoms with Crippen molar-refractivity contribution in [3.05, 3.63) is 52.3 Å². The van der Waals surface area contributed by atoms with E-state index in [1.54, 1.807) is 0 Å². The highest BCUT2D eigenvalue weighted by Gasteiger charge is 2.28. The van der Waals surface area contributed by atoms with Gasteiger partial charge in [0, 0.05) is 17.5 Å². The third-order valence-electron chi connectivity index (χ3n) is 5.06. The Balaban J connectivity index is 1.82. The first-order chi connectivity index (χ1) is 12.8. The quantitative estimate of drug-likeness (QED) is 0.844. The summed E-state index contributed by atoms with van der Waals surface area (Å²) in [5.41, 5.74) is 0.424. The van der Waals surface area contributed by atoms with E-state index in [2.05, 4.69) is 10.4 Å². The van der Waals surface area contributed by atoms with Crippen LogP contribution in [0.2, 0.25) is 0 Å². The number of aromatic nitrogens is 2. The van der Waals surface area contributed by atoms with Crippen molar-refractivity contribution < 1.29 is 13.6 Å². The molecular formula is C20H23F2N3O2. The van der Waals surface area contributed by atoms with Crippen LogP contribution in [0.3, 0.4) is 0 Å². The van der Waals surface area contributed by atoms with Crippen LogP contribution in [0.15, 0.2) is 35.1 Å². The van der Waals surface area contributed by atoms with Gasteiger partial charge < -0.3 is 5.32 Å². The molecule has 1 aromatic carbocycles. The van der Waals surface area contributed by atoms with Crippen molar-refractivity contribution in [1.82, 2.24) is 15.1 Å². The summed E-state index contributed by atoms with van der Waals surface area (Å²) < 4.78 is 27.9. The molecule has 1 heterocycles. The van der Waals surface area contributed by atoms with Crippen LogP contribution in [-0.4, -0.2) is 21.7 Å². The molecule has 1 aliphatic rings. The van der Waals surface area contributed by atoms with Crippen molar-refractivity contribution in [2.24, 2.45) is 11.8 Å². The van der Waals surface area contributed by atoms with Crippen molar-refractivity contribution in [2.75, 3.05) is 0 Å². The van der Waals surface area contributed by atoms with Gasteiger partial charge in [-0.3, -0.25) is 9.59 Å². The second-order valence-electron chi connectivity index (χ2n) is 7.35. The predicted molar refractivity (Wildman–Crippen MR) is 98.0 cm³/mol. The van der Waals surface area contributed by atoms with Crippen LogP contribution in [0, 0.1) is 23.5 Å². The van der Waals surface area contributed by atoms with Crippen LogP contribution in [-0.2, 0) is 11.3 Å². The number of nitrogens with one attached hydrogen (secondary N) is 1. The Hall–Kier alpha value is -2.57. The third kappa shape index (κ3) is 4.40. The van der Waals surface area contributed by atoms with Crippen LogP contribution in [0.4, 0.5) is 8.78 Å². The Morgan fingerprint density at radius 1 is 1.22 bits per heavy atom. The van der Waals surface area contributed by atoms with Crippen LogP contribution in [0.5, 0.6) is 0 Å². The topological polar surface area (TPSA) is 64.0 Å². The summed E-state index contributed by atoms with van der Waals surface area (Å²) in [7, 11) is 0. The number of rotatable bonds is 6. The van der Waals surface area contributed by atoms with Crippen molar-refractivity contribution in [3.63, 3.8) is 0 Å². The number of halogens is 2. The molecule has 1 saturated carbocycles. The van der Waals surface area contributed by atoms with Crippen LogP contribution in [0.25, 0.3) is 11.3 Å². The molecule has 3 rings (SSSR count). The molecule has 1 atom stereocenters. The maximum absolute atomic E-state index is 13.5. The molecule has 1 aromatic heterocycles.